The minimum Gasteiger partial charge on any atom is -0.466 e. The number of carbonyl (C=O) groups is 2. The Labute approximate surface area is 469 Å². The second-order valence-corrected chi connectivity index (χ2v) is 23.9. The van der Waals surface area contributed by atoms with Gasteiger partial charge in [0.2, 0.25) is 5.91 Å². The lowest BCUT2D eigenvalue weighted by atomic mass is 10.0. The molecular weight excluding hydrogens is 923 g/mol. The van der Waals surface area contributed by atoms with Gasteiger partial charge in [-0.25, -0.2) is 0 Å². The topological polar surface area (TPSA) is 95.9 Å². The summed E-state index contributed by atoms with van der Waals surface area (Å²) < 4.78 is 5.50. The molecule has 0 spiro atoms. The first-order valence-corrected chi connectivity index (χ1v) is 34.4. The van der Waals surface area contributed by atoms with Gasteiger partial charge in [-0.15, -0.1) is 0 Å². The minimum atomic E-state index is -0.657. The highest BCUT2D eigenvalue weighted by atomic mass is 16.5. The average molecular weight is 1060 g/mol. The van der Waals surface area contributed by atoms with Crippen LogP contribution in [0.2, 0.25) is 0 Å². The molecule has 0 saturated carbocycles. The van der Waals surface area contributed by atoms with Crippen molar-refractivity contribution in [1.82, 2.24) is 5.32 Å². The average Bonchev–Trinajstić information content (AvgIpc) is 3.41. The summed E-state index contributed by atoms with van der Waals surface area (Å²) in [4.78, 5) is 24.5. The molecule has 3 N–H and O–H groups in total. The lowest BCUT2D eigenvalue weighted by Gasteiger charge is -2.22. The number of hydrogen-bond donors (Lipinski definition) is 3. The molecular formula is C69H135NO5. The zero-order valence-corrected chi connectivity index (χ0v) is 51.1. The molecule has 1 amide bonds. The molecule has 0 aliphatic heterocycles. The van der Waals surface area contributed by atoms with Crippen molar-refractivity contribution in [3.63, 3.8) is 0 Å². The third-order valence-corrected chi connectivity index (χ3v) is 16.3. The number of aliphatic hydroxyl groups excluding tert-OH is 2. The van der Waals surface area contributed by atoms with Gasteiger partial charge in [0.05, 0.1) is 25.4 Å². The van der Waals surface area contributed by atoms with Crippen molar-refractivity contribution in [3.8, 4) is 0 Å². The number of allylic oxidation sites excluding steroid dienone is 2. The quantitative estimate of drug-likeness (QED) is 0.0320. The van der Waals surface area contributed by atoms with Crippen LogP contribution in [0.15, 0.2) is 12.2 Å². The molecule has 0 aromatic rings. The van der Waals surface area contributed by atoms with Gasteiger partial charge in [-0.05, 0) is 51.4 Å². The fourth-order valence-electron chi connectivity index (χ4n) is 11.1. The normalized spacial score (nSPS) is 12.5. The van der Waals surface area contributed by atoms with E-state index in [-0.39, 0.29) is 18.5 Å². The van der Waals surface area contributed by atoms with Gasteiger partial charge >= 0.3 is 5.97 Å². The third kappa shape index (κ3) is 61.7. The van der Waals surface area contributed by atoms with Crippen LogP contribution in [0.1, 0.15) is 393 Å². The molecule has 75 heavy (non-hydrogen) atoms. The van der Waals surface area contributed by atoms with Gasteiger partial charge in [0.1, 0.15) is 0 Å². The van der Waals surface area contributed by atoms with E-state index in [2.05, 4.69) is 31.3 Å². The van der Waals surface area contributed by atoms with Gasteiger partial charge in [0.25, 0.3) is 0 Å². The van der Waals surface area contributed by atoms with Gasteiger partial charge in [0, 0.05) is 12.8 Å². The molecule has 0 rings (SSSR count). The van der Waals surface area contributed by atoms with Crippen LogP contribution >= 0.6 is 0 Å². The fraction of sp³-hybridized carbons (Fsp3) is 0.942. The van der Waals surface area contributed by atoms with E-state index in [0.29, 0.717) is 25.9 Å². The Balaban J connectivity index is 3.27. The van der Waals surface area contributed by atoms with E-state index >= 15 is 0 Å². The molecule has 2 unspecified atom stereocenters. The van der Waals surface area contributed by atoms with Crippen molar-refractivity contribution < 1.29 is 24.5 Å². The molecule has 446 valence electrons. The maximum atomic E-state index is 12.4. The van der Waals surface area contributed by atoms with Crippen molar-refractivity contribution in [1.29, 1.82) is 0 Å². The lowest BCUT2D eigenvalue weighted by Crippen LogP contribution is -2.45. The number of esters is 1. The minimum absolute atomic E-state index is 0.0150. The fourth-order valence-corrected chi connectivity index (χ4v) is 11.1. The molecule has 0 aromatic carbocycles. The Morgan fingerprint density at radius 1 is 0.360 bits per heavy atom. The summed E-state index contributed by atoms with van der Waals surface area (Å²) in [6.07, 6.45) is 79.9. The zero-order valence-electron chi connectivity index (χ0n) is 51.1. The molecule has 0 aliphatic rings. The molecule has 0 fully saturated rings. The SMILES string of the molecule is CCCCCCCCC/C=C\CCCCCCCC(=O)OCCCCCCCCCCCCCCCCCCCCCCCCCCCCCCCCCCCC(=O)NC(CO)C(O)CCCCCCCCCCC. The van der Waals surface area contributed by atoms with Crippen molar-refractivity contribution in [3.05, 3.63) is 12.2 Å². The number of nitrogens with one attached hydrogen (secondary N) is 1. The number of unbranched alkanes of at least 4 members (excludes halogenated alkanes) is 52. The van der Waals surface area contributed by atoms with E-state index in [1.807, 2.05) is 0 Å². The molecule has 0 aliphatic carbocycles. The van der Waals surface area contributed by atoms with E-state index in [1.54, 1.807) is 0 Å². The Hall–Kier alpha value is -1.40. The summed E-state index contributed by atoms with van der Waals surface area (Å²) in [5.74, 6) is -0.0157. The van der Waals surface area contributed by atoms with E-state index in [1.165, 1.54) is 315 Å². The van der Waals surface area contributed by atoms with Crippen molar-refractivity contribution >= 4 is 11.9 Å². The highest BCUT2D eigenvalue weighted by Crippen LogP contribution is 2.19. The van der Waals surface area contributed by atoms with Crippen LogP contribution in [0, 0.1) is 0 Å². The van der Waals surface area contributed by atoms with Gasteiger partial charge in [-0.2, -0.15) is 0 Å². The van der Waals surface area contributed by atoms with Crippen LogP contribution < -0.4 is 5.32 Å². The largest absolute Gasteiger partial charge is 0.466 e. The van der Waals surface area contributed by atoms with Crippen molar-refractivity contribution in [2.24, 2.45) is 0 Å². The highest BCUT2D eigenvalue weighted by Gasteiger charge is 2.20. The number of carbonyl (C=O) groups excluding carboxylic acids is 2. The highest BCUT2D eigenvalue weighted by molar-refractivity contribution is 5.76. The maximum absolute atomic E-state index is 12.4. The molecule has 0 radical (unpaired) electrons. The summed E-state index contributed by atoms with van der Waals surface area (Å²) in [5, 5.41) is 23.1. The van der Waals surface area contributed by atoms with Gasteiger partial charge < -0.3 is 20.3 Å². The van der Waals surface area contributed by atoms with Crippen molar-refractivity contribution in [2.45, 2.75) is 405 Å². The van der Waals surface area contributed by atoms with Crippen LogP contribution in [0.5, 0.6) is 0 Å². The second kappa shape index (κ2) is 65.1. The number of aliphatic hydroxyl groups is 2. The molecule has 6 heteroatoms. The summed E-state index contributed by atoms with van der Waals surface area (Å²) in [6, 6.07) is -0.535. The van der Waals surface area contributed by atoms with Crippen LogP contribution in [0.4, 0.5) is 0 Å². The van der Waals surface area contributed by atoms with E-state index in [9.17, 15) is 19.8 Å². The van der Waals surface area contributed by atoms with Crippen LogP contribution in [-0.4, -0.2) is 47.4 Å². The number of rotatable bonds is 65. The molecule has 0 aromatic heterocycles. The Morgan fingerprint density at radius 3 is 0.947 bits per heavy atom. The predicted molar refractivity (Wildman–Crippen MR) is 329 cm³/mol. The van der Waals surface area contributed by atoms with Crippen LogP contribution in [0.25, 0.3) is 0 Å². The Bertz CT molecular complexity index is 1130. The van der Waals surface area contributed by atoms with Gasteiger partial charge in [-0.1, -0.05) is 341 Å². The van der Waals surface area contributed by atoms with Crippen LogP contribution in [0.3, 0.4) is 0 Å². The van der Waals surface area contributed by atoms with E-state index in [4.69, 9.17) is 4.74 Å². The second-order valence-electron chi connectivity index (χ2n) is 23.9. The number of ether oxygens (including phenoxy) is 1. The van der Waals surface area contributed by atoms with Crippen LogP contribution in [-0.2, 0) is 14.3 Å². The first kappa shape index (κ1) is 73.6. The first-order chi connectivity index (χ1) is 37.0. The van der Waals surface area contributed by atoms with Gasteiger partial charge in [0.15, 0.2) is 0 Å². The number of hydrogen-bond acceptors (Lipinski definition) is 5. The summed E-state index contributed by atoms with van der Waals surface area (Å²) in [7, 11) is 0. The third-order valence-electron chi connectivity index (χ3n) is 16.3. The Morgan fingerprint density at radius 2 is 0.627 bits per heavy atom. The smallest absolute Gasteiger partial charge is 0.305 e. The van der Waals surface area contributed by atoms with E-state index < -0.39 is 12.1 Å². The molecule has 0 bridgehead atoms. The first-order valence-electron chi connectivity index (χ1n) is 34.4. The van der Waals surface area contributed by atoms with Gasteiger partial charge in [-0.3, -0.25) is 9.59 Å². The molecule has 2 atom stereocenters. The molecule has 0 saturated heterocycles. The maximum Gasteiger partial charge on any atom is 0.305 e. The standard InChI is InChI=1S/C69H135NO5/c1-3-5-7-9-11-13-14-15-16-37-40-43-47-51-55-59-63-69(74)75-64-60-56-52-48-44-41-38-35-33-31-29-27-25-23-21-19-17-18-20-22-24-26-28-30-32-34-36-39-42-46-50-54-58-62-68(73)70-66(65-71)67(72)61-57-53-49-45-12-10-8-6-4-2/h16,37,66-67,71-72H,3-15,17-36,38-65H2,1-2H3,(H,70,73)/b37-16-. The predicted octanol–water partition coefficient (Wildman–Crippen LogP) is 22.0. The summed E-state index contributed by atoms with van der Waals surface area (Å²) >= 11 is 0. The monoisotopic (exact) mass is 1060 g/mol. The molecule has 0 heterocycles. The summed E-state index contributed by atoms with van der Waals surface area (Å²) in [5.41, 5.74) is 0. The van der Waals surface area contributed by atoms with Crippen molar-refractivity contribution in [2.75, 3.05) is 13.2 Å². The lowest BCUT2D eigenvalue weighted by molar-refractivity contribution is -0.143. The molecule has 6 nitrogen and oxygen atoms in total. The Kier molecular flexibility index (Phi) is 63.9. The zero-order chi connectivity index (χ0) is 54.3. The number of amides is 1. The summed E-state index contributed by atoms with van der Waals surface area (Å²) in [6.45, 7) is 4.96. The van der Waals surface area contributed by atoms with E-state index in [0.717, 1.165) is 44.9 Å².